The van der Waals surface area contributed by atoms with Crippen LogP contribution in [-0.2, 0) is 6.54 Å². The second-order valence-electron chi connectivity index (χ2n) is 5.29. The van der Waals surface area contributed by atoms with E-state index in [0.29, 0.717) is 12.3 Å². The molecule has 0 spiro atoms. The third kappa shape index (κ3) is 4.41. The molecular weight excluding hydrogens is 270 g/mol. The lowest BCUT2D eigenvalue weighted by Crippen LogP contribution is -2.33. The van der Waals surface area contributed by atoms with Gasteiger partial charge < -0.3 is 10.1 Å². The summed E-state index contributed by atoms with van der Waals surface area (Å²) in [5.41, 5.74) is 0.918. The van der Waals surface area contributed by atoms with Gasteiger partial charge in [-0.25, -0.2) is 0 Å². The number of likely N-dealkylation sites (N-methyl/N-ethyl adjacent to an activating group) is 1. The Hall–Kier alpha value is -1.66. The van der Waals surface area contributed by atoms with Crippen LogP contribution in [0.4, 0.5) is 5.69 Å². The van der Waals surface area contributed by atoms with Crippen LogP contribution in [0.3, 0.4) is 0 Å². The van der Waals surface area contributed by atoms with E-state index in [0.717, 1.165) is 31.2 Å². The zero-order valence-electron chi connectivity index (χ0n) is 12.7. The minimum atomic E-state index is -0.380. The predicted molar refractivity (Wildman–Crippen MR) is 81.6 cm³/mol. The third-order valence-corrected chi connectivity index (χ3v) is 3.84. The van der Waals surface area contributed by atoms with Gasteiger partial charge in [-0.05, 0) is 25.5 Å². The summed E-state index contributed by atoms with van der Waals surface area (Å²) in [7, 11) is 1.58. The Morgan fingerprint density at radius 2 is 2.24 bits per heavy atom. The largest absolute Gasteiger partial charge is 0.496 e. The highest BCUT2D eigenvalue weighted by Gasteiger charge is 2.27. The van der Waals surface area contributed by atoms with E-state index in [2.05, 4.69) is 17.1 Å². The quantitative estimate of drug-likeness (QED) is 0.429. The Bertz CT molecular complexity index is 489. The predicted octanol–water partition coefficient (Wildman–Crippen LogP) is 2.18. The second kappa shape index (κ2) is 7.38. The fraction of sp³-hybridized carbons (Fsp3) is 0.600. The van der Waals surface area contributed by atoms with E-state index >= 15 is 0 Å². The summed E-state index contributed by atoms with van der Waals surface area (Å²) in [5, 5.41) is 14.2. The van der Waals surface area contributed by atoms with Gasteiger partial charge in [-0.3, -0.25) is 15.0 Å². The first-order valence-corrected chi connectivity index (χ1v) is 7.41. The number of nitro groups is 1. The molecule has 1 saturated carbocycles. The minimum Gasteiger partial charge on any atom is -0.496 e. The topological polar surface area (TPSA) is 67.6 Å². The van der Waals surface area contributed by atoms with E-state index in [1.54, 1.807) is 19.2 Å². The van der Waals surface area contributed by atoms with E-state index < -0.39 is 0 Å². The monoisotopic (exact) mass is 293 g/mol. The standard InChI is InChI=1S/C15H23N3O3/c1-3-17(13-4-5-13)9-8-16-11-12-10-14(18(19)20)6-7-15(12)21-2/h6-7,10,13,16H,3-5,8-9,11H2,1-2H3. The normalized spacial score (nSPS) is 14.4. The lowest BCUT2D eigenvalue weighted by Gasteiger charge is -2.20. The molecule has 0 aliphatic heterocycles. The molecule has 1 aliphatic rings. The number of benzene rings is 1. The molecule has 21 heavy (non-hydrogen) atoms. The zero-order chi connectivity index (χ0) is 15.2. The van der Waals surface area contributed by atoms with Gasteiger partial charge in [-0.2, -0.15) is 0 Å². The van der Waals surface area contributed by atoms with Gasteiger partial charge in [-0.15, -0.1) is 0 Å². The van der Waals surface area contributed by atoms with Gasteiger partial charge in [0, 0.05) is 43.4 Å². The average molecular weight is 293 g/mol. The lowest BCUT2D eigenvalue weighted by molar-refractivity contribution is -0.384. The number of nitrogens with one attached hydrogen (secondary N) is 1. The first kappa shape index (κ1) is 15.7. The molecule has 1 aromatic carbocycles. The Morgan fingerprint density at radius 1 is 1.48 bits per heavy atom. The van der Waals surface area contributed by atoms with Gasteiger partial charge in [0.1, 0.15) is 5.75 Å². The second-order valence-corrected chi connectivity index (χ2v) is 5.29. The van der Waals surface area contributed by atoms with Gasteiger partial charge in [0.2, 0.25) is 0 Å². The molecule has 6 nitrogen and oxygen atoms in total. The van der Waals surface area contributed by atoms with E-state index in [4.69, 9.17) is 4.74 Å². The van der Waals surface area contributed by atoms with Crippen LogP contribution in [0.2, 0.25) is 0 Å². The fourth-order valence-electron chi connectivity index (χ4n) is 2.50. The Kier molecular flexibility index (Phi) is 5.52. The maximum Gasteiger partial charge on any atom is 0.270 e. The molecule has 0 aromatic heterocycles. The average Bonchev–Trinajstić information content (AvgIpc) is 3.31. The maximum atomic E-state index is 10.8. The molecule has 0 radical (unpaired) electrons. The van der Waals surface area contributed by atoms with E-state index in [9.17, 15) is 10.1 Å². The molecule has 2 rings (SSSR count). The van der Waals surface area contributed by atoms with Crippen molar-refractivity contribution in [1.29, 1.82) is 0 Å². The number of rotatable bonds is 9. The molecule has 1 fully saturated rings. The summed E-state index contributed by atoms with van der Waals surface area (Å²) < 4.78 is 5.25. The van der Waals surface area contributed by atoms with Crippen molar-refractivity contribution in [3.63, 3.8) is 0 Å². The van der Waals surface area contributed by atoms with Crippen LogP contribution in [0, 0.1) is 10.1 Å². The Labute approximate surface area is 125 Å². The summed E-state index contributed by atoms with van der Waals surface area (Å²) >= 11 is 0. The van der Waals surface area contributed by atoms with Crippen LogP contribution in [-0.4, -0.2) is 42.6 Å². The lowest BCUT2D eigenvalue weighted by atomic mass is 10.1. The number of non-ortho nitro benzene ring substituents is 1. The highest BCUT2D eigenvalue weighted by molar-refractivity contribution is 5.43. The summed E-state index contributed by atoms with van der Waals surface area (Å²) in [6.45, 7) is 5.72. The van der Waals surface area contributed by atoms with Crippen LogP contribution in [0.25, 0.3) is 0 Å². The molecule has 0 atom stereocenters. The first-order valence-electron chi connectivity index (χ1n) is 7.41. The summed E-state index contributed by atoms with van der Waals surface area (Å²) in [6, 6.07) is 5.46. The fourth-order valence-corrected chi connectivity index (χ4v) is 2.50. The molecule has 1 N–H and O–H groups in total. The number of hydrogen-bond acceptors (Lipinski definition) is 5. The number of hydrogen-bond donors (Lipinski definition) is 1. The van der Waals surface area contributed by atoms with Crippen molar-refractivity contribution in [2.24, 2.45) is 0 Å². The van der Waals surface area contributed by atoms with Crippen molar-refractivity contribution < 1.29 is 9.66 Å². The summed E-state index contributed by atoms with van der Waals surface area (Å²) in [6.07, 6.45) is 2.62. The molecule has 116 valence electrons. The number of nitrogens with zero attached hydrogens (tertiary/aromatic N) is 2. The smallest absolute Gasteiger partial charge is 0.270 e. The van der Waals surface area contributed by atoms with Crippen molar-refractivity contribution in [2.45, 2.75) is 32.4 Å². The highest BCUT2D eigenvalue weighted by atomic mass is 16.6. The molecule has 0 unspecified atom stereocenters. The SMILES string of the molecule is CCN(CCNCc1cc([N+](=O)[O-])ccc1OC)C1CC1. The van der Waals surface area contributed by atoms with Crippen molar-refractivity contribution in [3.05, 3.63) is 33.9 Å². The molecular formula is C15H23N3O3. The van der Waals surface area contributed by atoms with Gasteiger partial charge in [0.15, 0.2) is 0 Å². The molecule has 0 heterocycles. The zero-order valence-corrected chi connectivity index (χ0v) is 12.7. The van der Waals surface area contributed by atoms with Gasteiger partial charge in [0.25, 0.3) is 5.69 Å². The van der Waals surface area contributed by atoms with Gasteiger partial charge >= 0.3 is 0 Å². The molecule has 0 bridgehead atoms. The van der Waals surface area contributed by atoms with Crippen molar-refractivity contribution in [1.82, 2.24) is 10.2 Å². The Balaban J connectivity index is 1.86. The summed E-state index contributed by atoms with van der Waals surface area (Å²) in [5.74, 6) is 0.683. The van der Waals surface area contributed by atoms with Crippen LogP contribution >= 0.6 is 0 Å². The molecule has 0 saturated heterocycles. The van der Waals surface area contributed by atoms with Crippen LogP contribution in [0.1, 0.15) is 25.3 Å². The van der Waals surface area contributed by atoms with Crippen molar-refractivity contribution >= 4 is 5.69 Å². The van der Waals surface area contributed by atoms with Crippen LogP contribution in [0.15, 0.2) is 18.2 Å². The maximum absolute atomic E-state index is 10.8. The molecule has 0 amide bonds. The van der Waals surface area contributed by atoms with Gasteiger partial charge in [-0.1, -0.05) is 6.92 Å². The number of nitro benzene ring substituents is 1. The van der Waals surface area contributed by atoms with E-state index in [-0.39, 0.29) is 10.6 Å². The Morgan fingerprint density at radius 3 is 2.81 bits per heavy atom. The van der Waals surface area contributed by atoms with Gasteiger partial charge in [0.05, 0.1) is 12.0 Å². The van der Waals surface area contributed by atoms with Crippen molar-refractivity contribution in [2.75, 3.05) is 26.7 Å². The highest BCUT2D eigenvalue weighted by Crippen LogP contribution is 2.26. The molecule has 1 aromatic rings. The van der Waals surface area contributed by atoms with Crippen LogP contribution in [0.5, 0.6) is 5.75 Å². The summed E-state index contributed by atoms with van der Waals surface area (Å²) in [4.78, 5) is 12.9. The minimum absolute atomic E-state index is 0.0979. The van der Waals surface area contributed by atoms with E-state index in [1.165, 1.54) is 18.9 Å². The molecule has 6 heteroatoms. The van der Waals surface area contributed by atoms with E-state index in [1.807, 2.05) is 0 Å². The number of methoxy groups -OCH3 is 1. The third-order valence-electron chi connectivity index (χ3n) is 3.84. The van der Waals surface area contributed by atoms with Crippen LogP contribution < -0.4 is 10.1 Å². The molecule has 1 aliphatic carbocycles. The first-order chi connectivity index (χ1) is 10.2. The van der Waals surface area contributed by atoms with Crippen molar-refractivity contribution in [3.8, 4) is 5.75 Å². The number of ether oxygens (including phenoxy) is 1.